The zero-order valence-corrected chi connectivity index (χ0v) is 12.9. The summed E-state index contributed by atoms with van der Waals surface area (Å²) >= 11 is 3.22. The molecule has 0 atom stereocenters. The fourth-order valence-corrected chi connectivity index (χ4v) is 1.97. The third-order valence-corrected chi connectivity index (χ3v) is 3.18. The highest BCUT2D eigenvalue weighted by molar-refractivity contribution is 9.10. The van der Waals surface area contributed by atoms with Crippen LogP contribution in [-0.2, 0) is 6.54 Å². The number of nitrogens with zero attached hydrogens (tertiary/aromatic N) is 1. The molecule has 0 bridgehead atoms. The molecule has 1 aromatic carbocycles. The van der Waals surface area contributed by atoms with Gasteiger partial charge in [-0.1, -0.05) is 29.8 Å². The van der Waals surface area contributed by atoms with Crippen LogP contribution < -0.4 is 10.1 Å². The number of ether oxygens (including phenoxy) is 1. The van der Waals surface area contributed by atoms with Crippen LogP contribution in [0.2, 0.25) is 0 Å². The molecule has 2 rings (SSSR count). The van der Waals surface area contributed by atoms with Crippen molar-refractivity contribution >= 4 is 15.9 Å². The van der Waals surface area contributed by atoms with E-state index < -0.39 is 5.82 Å². The number of hydrogen-bond acceptors (Lipinski definition) is 3. The number of halogens is 2. The Labute approximate surface area is 126 Å². The van der Waals surface area contributed by atoms with E-state index >= 15 is 0 Å². The third-order valence-electron chi connectivity index (χ3n) is 2.68. The van der Waals surface area contributed by atoms with Crippen LogP contribution in [0.1, 0.15) is 19.4 Å². The Morgan fingerprint density at radius 1 is 1.30 bits per heavy atom. The lowest BCUT2D eigenvalue weighted by atomic mass is 10.2. The summed E-state index contributed by atoms with van der Waals surface area (Å²) in [6, 6.07) is 6.92. The zero-order chi connectivity index (χ0) is 14.5. The Morgan fingerprint density at radius 3 is 2.80 bits per heavy atom. The molecule has 0 fully saturated rings. The van der Waals surface area contributed by atoms with Crippen LogP contribution in [0, 0.1) is 5.82 Å². The maximum absolute atomic E-state index is 13.8. The first-order chi connectivity index (χ1) is 9.56. The van der Waals surface area contributed by atoms with E-state index in [0.717, 1.165) is 5.56 Å². The highest BCUT2D eigenvalue weighted by Gasteiger charge is 2.09. The van der Waals surface area contributed by atoms with Crippen molar-refractivity contribution in [3.63, 3.8) is 0 Å². The van der Waals surface area contributed by atoms with Gasteiger partial charge in [0.15, 0.2) is 11.6 Å². The lowest BCUT2D eigenvalue weighted by molar-refractivity contribution is 0.432. The average molecular weight is 339 g/mol. The predicted octanol–water partition coefficient (Wildman–Crippen LogP) is 4.27. The first-order valence-corrected chi connectivity index (χ1v) is 7.14. The van der Waals surface area contributed by atoms with Gasteiger partial charge in [-0.05, 0) is 24.3 Å². The van der Waals surface area contributed by atoms with Gasteiger partial charge < -0.3 is 10.1 Å². The largest absolute Gasteiger partial charge is 0.452 e. The maximum atomic E-state index is 13.8. The van der Waals surface area contributed by atoms with Crippen LogP contribution in [0.4, 0.5) is 4.39 Å². The minimum Gasteiger partial charge on any atom is -0.452 e. The summed E-state index contributed by atoms with van der Waals surface area (Å²) in [4.78, 5) is 4.03. The number of rotatable bonds is 5. The first kappa shape index (κ1) is 14.9. The van der Waals surface area contributed by atoms with E-state index in [-0.39, 0.29) is 5.75 Å². The van der Waals surface area contributed by atoms with Gasteiger partial charge in [0.2, 0.25) is 0 Å². The Morgan fingerprint density at radius 2 is 2.10 bits per heavy atom. The van der Waals surface area contributed by atoms with Gasteiger partial charge in [-0.25, -0.2) is 4.39 Å². The Balaban J connectivity index is 2.20. The van der Waals surface area contributed by atoms with E-state index in [4.69, 9.17) is 4.74 Å². The van der Waals surface area contributed by atoms with Crippen molar-refractivity contribution in [3.8, 4) is 11.5 Å². The number of aromatic nitrogens is 1. The van der Waals surface area contributed by atoms with Crippen molar-refractivity contribution in [1.82, 2.24) is 10.3 Å². The molecule has 2 aromatic rings. The van der Waals surface area contributed by atoms with E-state index in [0.29, 0.717) is 22.8 Å². The minimum absolute atomic E-state index is 0.187. The molecule has 5 heteroatoms. The summed E-state index contributed by atoms with van der Waals surface area (Å²) in [5.74, 6) is 0.333. The summed E-state index contributed by atoms with van der Waals surface area (Å²) in [7, 11) is 0. The van der Waals surface area contributed by atoms with Gasteiger partial charge >= 0.3 is 0 Å². The molecule has 0 aliphatic heterocycles. The molecular formula is C15H16BrFN2O. The van der Waals surface area contributed by atoms with Crippen LogP contribution in [0.25, 0.3) is 0 Å². The molecule has 1 N–H and O–H groups in total. The summed E-state index contributed by atoms with van der Waals surface area (Å²) in [6.07, 6.45) is 3.29. The third kappa shape index (κ3) is 4.02. The average Bonchev–Trinajstić information content (AvgIpc) is 2.41. The Kier molecular flexibility index (Phi) is 5.09. The standard InChI is InChI=1S/C15H16BrFN2O/c1-10(2)19-8-11-5-6-18-9-15(11)20-14-4-3-12(16)7-13(14)17/h3-7,9-10,19H,8H2,1-2H3. The normalized spacial score (nSPS) is 10.8. The zero-order valence-electron chi connectivity index (χ0n) is 11.4. The molecule has 1 heterocycles. The molecule has 106 valence electrons. The van der Waals surface area contributed by atoms with Crippen molar-refractivity contribution in [2.45, 2.75) is 26.4 Å². The molecule has 0 saturated heterocycles. The van der Waals surface area contributed by atoms with Crippen molar-refractivity contribution in [2.24, 2.45) is 0 Å². The van der Waals surface area contributed by atoms with Crippen molar-refractivity contribution in [1.29, 1.82) is 0 Å². The molecule has 1 aromatic heterocycles. The van der Waals surface area contributed by atoms with Crippen LogP contribution in [0.5, 0.6) is 11.5 Å². The van der Waals surface area contributed by atoms with Gasteiger partial charge in [-0.2, -0.15) is 0 Å². The van der Waals surface area contributed by atoms with Crippen molar-refractivity contribution in [2.75, 3.05) is 0 Å². The van der Waals surface area contributed by atoms with Crippen molar-refractivity contribution in [3.05, 3.63) is 52.5 Å². The number of pyridine rings is 1. The van der Waals surface area contributed by atoms with Crippen LogP contribution in [0.3, 0.4) is 0 Å². The second-order valence-corrected chi connectivity index (χ2v) is 5.61. The van der Waals surface area contributed by atoms with Gasteiger partial charge in [0.1, 0.15) is 5.75 Å². The Bertz CT molecular complexity index is 590. The smallest absolute Gasteiger partial charge is 0.166 e. The molecule has 0 spiro atoms. The molecule has 0 amide bonds. The lowest BCUT2D eigenvalue weighted by Crippen LogP contribution is -2.22. The van der Waals surface area contributed by atoms with Crippen molar-refractivity contribution < 1.29 is 9.13 Å². The fraction of sp³-hybridized carbons (Fsp3) is 0.267. The molecule has 3 nitrogen and oxygen atoms in total. The Hall–Kier alpha value is -1.46. The number of nitrogens with one attached hydrogen (secondary N) is 1. The van der Waals surface area contributed by atoms with Gasteiger partial charge in [0.25, 0.3) is 0 Å². The van der Waals surface area contributed by atoms with Crippen LogP contribution in [-0.4, -0.2) is 11.0 Å². The van der Waals surface area contributed by atoms with Gasteiger partial charge in [-0.15, -0.1) is 0 Å². The molecule has 20 heavy (non-hydrogen) atoms. The van der Waals surface area contributed by atoms with Gasteiger partial charge in [0, 0.05) is 28.8 Å². The summed E-state index contributed by atoms with van der Waals surface area (Å²) in [5.41, 5.74) is 0.941. The number of benzene rings is 1. The topological polar surface area (TPSA) is 34.2 Å². The van der Waals surface area contributed by atoms with E-state index in [1.807, 2.05) is 6.07 Å². The van der Waals surface area contributed by atoms with E-state index in [2.05, 4.69) is 40.1 Å². The van der Waals surface area contributed by atoms with Gasteiger partial charge in [-0.3, -0.25) is 4.98 Å². The van der Waals surface area contributed by atoms with Gasteiger partial charge in [0.05, 0.1) is 6.20 Å². The first-order valence-electron chi connectivity index (χ1n) is 6.35. The maximum Gasteiger partial charge on any atom is 0.166 e. The van der Waals surface area contributed by atoms with Crippen LogP contribution in [0.15, 0.2) is 41.1 Å². The van der Waals surface area contributed by atoms with E-state index in [1.54, 1.807) is 24.5 Å². The monoisotopic (exact) mass is 338 g/mol. The second kappa shape index (κ2) is 6.81. The summed E-state index contributed by atoms with van der Waals surface area (Å²) < 4.78 is 20.1. The van der Waals surface area contributed by atoms with Crippen LogP contribution >= 0.6 is 15.9 Å². The molecule has 0 unspecified atom stereocenters. The predicted molar refractivity (Wildman–Crippen MR) is 80.4 cm³/mol. The molecule has 0 aliphatic carbocycles. The quantitative estimate of drug-likeness (QED) is 0.883. The van der Waals surface area contributed by atoms with E-state index in [1.165, 1.54) is 6.07 Å². The molecule has 0 radical (unpaired) electrons. The molecule has 0 aliphatic rings. The SMILES string of the molecule is CC(C)NCc1ccncc1Oc1ccc(Br)cc1F. The molecule has 0 saturated carbocycles. The highest BCUT2D eigenvalue weighted by Crippen LogP contribution is 2.28. The second-order valence-electron chi connectivity index (χ2n) is 4.70. The summed E-state index contributed by atoms with van der Waals surface area (Å²) in [6.45, 7) is 4.78. The lowest BCUT2D eigenvalue weighted by Gasteiger charge is -2.13. The fourth-order valence-electron chi connectivity index (χ4n) is 1.64. The minimum atomic E-state index is -0.411. The molecular weight excluding hydrogens is 323 g/mol. The summed E-state index contributed by atoms with van der Waals surface area (Å²) in [5, 5.41) is 3.30. The highest BCUT2D eigenvalue weighted by atomic mass is 79.9. The number of hydrogen-bond donors (Lipinski definition) is 1. The van der Waals surface area contributed by atoms with E-state index in [9.17, 15) is 4.39 Å².